The largest absolute Gasteiger partial charge is 0.369 e. The molecule has 5 nitrogen and oxygen atoms in total. The Morgan fingerprint density at radius 1 is 1.08 bits per heavy atom. The number of nitrogens with one attached hydrogen (secondary N) is 1. The Balaban J connectivity index is 1.47. The molecular formula is C18H26N4OS. The number of piperazine rings is 1. The van der Waals surface area contributed by atoms with Gasteiger partial charge in [-0.25, -0.2) is 0 Å². The average Bonchev–Trinajstić information content (AvgIpc) is 2.54. The summed E-state index contributed by atoms with van der Waals surface area (Å²) in [5.74, 6) is 0.131. The van der Waals surface area contributed by atoms with Crippen molar-refractivity contribution >= 4 is 28.9 Å². The smallest absolute Gasteiger partial charge is 0.231 e. The first-order chi connectivity index (χ1) is 11.4. The van der Waals surface area contributed by atoms with Crippen LogP contribution in [-0.4, -0.2) is 65.6 Å². The van der Waals surface area contributed by atoms with Crippen LogP contribution in [0.1, 0.15) is 20.3 Å². The Bertz CT molecular complexity index is 576. The second-order valence-electron chi connectivity index (χ2n) is 7.20. The Morgan fingerprint density at radius 3 is 2.38 bits per heavy atom. The number of amides is 1. The van der Waals surface area contributed by atoms with Crippen molar-refractivity contribution in [1.82, 2.24) is 15.1 Å². The molecule has 6 heteroatoms. The van der Waals surface area contributed by atoms with Crippen LogP contribution in [0.4, 0.5) is 5.69 Å². The highest BCUT2D eigenvalue weighted by Gasteiger charge is 2.34. The summed E-state index contributed by atoms with van der Waals surface area (Å²) in [6.45, 7) is 9.64. The first kappa shape index (κ1) is 17.2. The van der Waals surface area contributed by atoms with Crippen molar-refractivity contribution in [1.29, 1.82) is 0 Å². The predicted octanol–water partition coefficient (Wildman–Crippen LogP) is 1.69. The molecule has 0 saturated carbocycles. The van der Waals surface area contributed by atoms with Crippen molar-refractivity contribution in [2.45, 2.75) is 25.8 Å². The highest BCUT2D eigenvalue weighted by atomic mass is 32.1. The number of hydrogen-bond donors (Lipinski definition) is 1. The third-order valence-corrected chi connectivity index (χ3v) is 5.04. The second-order valence-corrected chi connectivity index (χ2v) is 7.59. The van der Waals surface area contributed by atoms with E-state index in [4.69, 9.17) is 12.2 Å². The SMILES string of the molecule is CC1(C)CC(=O)N(CCN2CCN(c3ccccc3)CC2)C(=S)N1. The first-order valence-electron chi connectivity index (χ1n) is 8.59. The zero-order chi connectivity index (χ0) is 17.2. The molecule has 0 spiro atoms. The Kier molecular flexibility index (Phi) is 5.06. The van der Waals surface area contributed by atoms with Crippen LogP contribution in [-0.2, 0) is 4.79 Å². The van der Waals surface area contributed by atoms with E-state index in [9.17, 15) is 4.79 Å². The van der Waals surface area contributed by atoms with Gasteiger partial charge in [0.2, 0.25) is 5.91 Å². The van der Waals surface area contributed by atoms with Gasteiger partial charge in [-0.15, -0.1) is 0 Å². The molecule has 0 radical (unpaired) electrons. The molecule has 1 aromatic carbocycles. The number of para-hydroxylation sites is 1. The molecule has 1 amide bonds. The van der Waals surface area contributed by atoms with Gasteiger partial charge in [0, 0.05) is 56.9 Å². The maximum Gasteiger partial charge on any atom is 0.231 e. The molecule has 2 saturated heterocycles. The van der Waals surface area contributed by atoms with Crippen molar-refractivity contribution in [2.24, 2.45) is 0 Å². The van der Waals surface area contributed by atoms with Crippen molar-refractivity contribution in [2.75, 3.05) is 44.2 Å². The molecule has 0 aromatic heterocycles. The zero-order valence-corrected chi connectivity index (χ0v) is 15.3. The summed E-state index contributed by atoms with van der Waals surface area (Å²) in [6, 6.07) is 10.5. The molecule has 2 heterocycles. The normalized spacial score (nSPS) is 21.8. The standard InChI is InChI=1S/C18H26N4OS/c1-18(2)14-16(23)22(17(24)19-18)13-10-20-8-11-21(12-9-20)15-6-4-3-5-7-15/h3-7H,8-14H2,1-2H3,(H,19,24). The maximum atomic E-state index is 12.3. The summed E-state index contributed by atoms with van der Waals surface area (Å²) < 4.78 is 0. The lowest BCUT2D eigenvalue weighted by Gasteiger charge is -2.40. The average molecular weight is 347 g/mol. The lowest BCUT2D eigenvalue weighted by Crippen LogP contribution is -2.60. The van der Waals surface area contributed by atoms with E-state index in [1.54, 1.807) is 4.90 Å². The van der Waals surface area contributed by atoms with Gasteiger partial charge in [0.1, 0.15) is 0 Å². The summed E-state index contributed by atoms with van der Waals surface area (Å²) in [7, 11) is 0. The topological polar surface area (TPSA) is 38.8 Å². The Morgan fingerprint density at radius 2 is 1.75 bits per heavy atom. The van der Waals surface area contributed by atoms with Crippen LogP contribution in [0.25, 0.3) is 0 Å². The molecule has 2 aliphatic rings. The molecule has 0 unspecified atom stereocenters. The molecule has 2 fully saturated rings. The Labute approximate surface area is 149 Å². The zero-order valence-electron chi connectivity index (χ0n) is 14.5. The molecule has 1 aromatic rings. The molecule has 0 aliphatic carbocycles. The van der Waals surface area contributed by atoms with Crippen LogP contribution in [0, 0.1) is 0 Å². The number of carbonyl (C=O) groups is 1. The molecule has 0 bridgehead atoms. The summed E-state index contributed by atoms with van der Waals surface area (Å²) in [6.07, 6.45) is 0.495. The fourth-order valence-corrected chi connectivity index (χ4v) is 3.79. The van der Waals surface area contributed by atoms with E-state index in [0.717, 1.165) is 32.7 Å². The third kappa shape index (κ3) is 4.05. The first-order valence-corrected chi connectivity index (χ1v) is 9.00. The number of carbonyl (C=O) groups excluding carboxylic acids is 1. The molecule has 2 aliphatic heterocycles. The van der Waals surface area contributed by atoms with Crippen molar-refractivity contribution in [3.05, 3.63) is 30.3 Å². The summed E-state index contributed by atoms with van der Waals surface area (Å²) in [5, 5.41) is 3.83. The van der Waals surface area contributed by atoms with Gasteiger partial charge in [-0.3, -0.25) is 14.6 Å². The quantitative estimate of drug-likeness (QED) is 0.840. The van der Waals surface area contributed by atoms with Crippen LogP contribution in [0.3, 0.4) is 0 Å². The van der Waals surface area contributed by atoms with E-state index in [1.807, 2.05) is 19.9 Å². The van der Waals surface area contributed by atoms with Crippen molar-refractivity contribution in [3.8, 4) is 0 Å². The van der Waals surface area contributed by atoms with Crippen LogP contribution in [0.5, 0.6) is 0 Å². The third-order valence-electron chi connectivity index (χ3n) is 4.72. The number of hydrogen-bond acceptors (Lipinski definition) is 4. The van der Waals surface area contributed by atoms with Crippen molar-refractivity contribution < 1.29 is 4.79 Å². The summed E-state index contributed by atoms with van der Waals surface area (Å²) in [5.41, 5.74) is 1.06. The Hall–Kier alpha value is -1.66. The number of rotatable bonds is 4. The highest BCUT2D eigenvalue weighted by Crippen LogP contribution is 2.18. The molecule has 1 N–H and O–H groups in total. The maximum absolute atomic E-state index is 12.3. The molecule has 130 valence electrons. The van der Waals surface area contributed by atoms with Gasteiger partial charge in [0.15, 0.2) is 5.11 Å². The van der Waals surface area contributed by atoms with Gasteiger partial charge in [-0.1, -0.05) is 18.2 Å². The van der Waals surface area contributed by atoms with E-state index in [0.29, 0.717) is 18.1 Å². The van der Waals surface area contributed by atoms with Crippen LogP contribution < -0.4 is 10.2 Å². The number of benzene rings is 1. The number of thiocarbonyl (C=S) groups is 1. The minimum Gasteiger partial charge on any atom is -0.369 e. The number of anilines is 1. The highest BCUT2D eigenvalue weighted by molar-refractivity contribution is 7.80. The second kappa shape index (κ2) is 7.07. The van der Waals surface area contributed by atoms with E-state index < -0.39 is 0 Å². The monoisotopic (exact) mass is 346 g/mol. The molecule has 24 heavy (non-hydrogen) atoms. The van der Waals surface area contributed by atoms with E-state index >= 15 is 0 Å². The van der Waals surface area contributed by atoms with Crippen LogP contribution in [0.2, 0.25) is 0 Å². The van der Waals surface area contributed by atoms with Gasteiger partial charge in [0.05, 0.1) is 0 Å². The van der Waals surface area contributed by atoms with Crippen LogP contribution in [0.15, 0.2) is 30.3 Å². The predicted molar refractivity (Wildman–Crippen MR) is 101 cm³/mol. The van der Waals surface area contributed by atoms with Gasteiger partial charge in [-0.2, -0.15) is 0 Å². The summed E-state index contributed by atoms with van der Waals surface area (Å²) >= 11 is 5.37. The van der Waals surface area contributed by atoms with E-state index in [-0.39, 0.29) is 11.4 Å². The fraction of sp³-hybridized carbons (Fsp3) is 0.556. The fourth-order valence-electron chi connectivity index (χ4n) is 3.32. The molecule has 0 atom stereocenters. The van der Waals surface area contributed by atoms with Crippen molar-refractivity contribution in [3.63, 3.8) is 0 Å². The van der Waals surface area contributed by atoms with Crippen LogP contribution >= 0.6 is 12.2 Å². The van der Waals surface area contributed by atoms with E-state index in [2.05, 4.69) is 39.4 Å². The van der Waals surface area contributed by atoms with Gasteiger partial charge in [-0.05, 0) is 38.2 Å². The minimum absolute atomic E-state index is 0.131. The van der Waals surface area contributed by atoms with Gasteiger partial charge in [0.25, 0.3) is 0 Å². The van der Waals surface area contributed by atoms with Gasteiger partial charge < -0.3 is 10.2 Å². The lowest BCUT2D eigenvalue weighted by atomic mass is 9.98. The minimum atomic E-state index is -0.230. The van der Waals surface area contributed by atoms with E-state index in [1.165, 1.54) is 5.69 Å². The molecule has 3 rings (SSSR count). The lowest BCUT2D eigenvalue weighted by molar-refractivity contribution is -0.130. The summed E-state index contributed by atoms with van der Waals surface area (Å²) in [4.78, 5) is 18.9. The van der Waals surface area contributed by atoms with Gasteiger partial charge >= 0.3 is 0 Å². The number of nitrogens with zero attached hydrogens (tertiary/aromatic N) is 3. The molecular weight excluding hydrogens is 320 g/mol.